The van der Waals surface area contributed by atoms with E-state index in [4.69, 9.17) is 0 Å². The highest BCUT2D eigenvalue weighted by Gasteiger charge is 2.29. The van der Waals surface area contributed by atoms with Crippen molar-refractivity contribution in [3.05, 3.63) is 12.3 Å². The smallest absolute Gasteiger partial charge is 0.0314 e. The van der Waals surface area contributed by atoms with Crippen LogP contribution in [-0.4, -0.2) is 5.54 Å². The molecule has 0 amide bonds. The zero-order valence-electron chi connectivity index (χ0n) is 8.78. The second-order valence-electron chi connectivity index (χ2n) is 4.92. The molecular weight excluding hydrogens is 146 g/mol. The normalized spacial score (nSPS) is 28.8. The first kappa shape index (κ1) is 9.63. The van der Waals surface area contributed by atoms with Gasteiger partial charge in [-0.25, -0.2) is 0 Å². The van der Waals surface area contributed by atoms with Crippen LogP contribution in [0.2, 0.25) is 0 Å². The number of hydrogen-bond acceptors (Lipinski definition) is 1. The van der Waals surface area contributed by atoms with Gasteiger partial charge in [-0.3, -0.25) is 0 Å². The monoisotopic (exact) mass is 167 g/mol. The van der Waals surface area contributed by atoms with Crippen LogP contribution in [0.4, 0.5) is 0 Å². The van der Waals surface area contributed by atoms with E-state index in [9.17, 15) is 0 Å². The molecule has 0 aromatic heterocycles. The van der Waals surface area contributed by atoms with Gasteiger partial charge < -0.3 is 5.32 Å². The fourth-order valence-electron chi connectivity index (χ4n) is 2.02. The molecule has 1 fully saturated rings. The molecule has 1 saturated heterocycles. The van der Waals surface area contributed by atoms with Gasteiger partial charge in [0.25, 0.3) is 0 Å². The average molecular weight is 167 g/mol. The van der Waals surface area contributed by atoms with Gasteiger partial charge in [0.1, 0.15) is 0 Å². The maximum Gasteiger partial charge on any atom is 0.0314 e. The maximum atomic E-state index is 4.10. The average Bonchev–Trinajstić information content (AvgIpc) is 1.83. The van der Waals surface area contributed by atoms with Gasteiger partial charge in [0.2, 0.25) is 0 Å². The van der Waals surface area contributed by atoms with E-state index in [0.29, 0.717) is 5.92 Å². The summed E-state index contributed by atoms with van der Waals surface area (Å²) in [6.07, 6.45) is 2.55. The quantitative estimate of drug-likeness (QED) is 0.633. The predicted molar refractivity (Wildman–Crippen MR) is 53.9 cm³/mol. The molecule has 12 heavy (non-hydrogen) atoms. The van der Waals surface area contributed by atoms with Crippen molar-refractivity contribution >= 4 is 0 Å². The highest BCUT2D eigenvalue weighted by Crippen LogP contribution is 2.32. The van der Waals surface area contributed by atoms with E-state index in [-0.39, 0.29) is 5.54 Å². The molecular formula is C11H21N. The van der Waals surface area contributed by atoms with Crippen molar-refractivity contribution in [2.75, 3.05) is 0 Å². The first-order valence-electron chi connectivity index (χ1n) is 4.89. The van der Waals surface area contributed by atoms with E-state index in [0.717, 1.165) is 5.92 Å². The highest BCUT2D eigenvalue weighted by molar-refractivity contribution is 5.08. The Hall–Kier alpha value is -0.460. The third kappa shape index (κ3) is 2.02. The molecule has 1 heterocycles. The van der Waals surface area contributed by atoms with E-state index in [2.05, 4.69) is 39.6 Å². The third-order valence-corrected chi connectivity index (χ3v) is 2.83. The van der Waals surface area contributed by atoms with Crippen molar-refractivity contribution in [3.63, 3.8) is 0 Å². The van der Waals surface area contributed by atoms with Crippen LogP contribution in [0.3, 0.4) is 0 Å². The molecule has 1 atom stereocenters. The van der Waals surface area contributed by atoms with Gasteiger partial charge in [0.05, 0.1) is 0 Å². The molecule has 1 heteroatoms. The fourth-order valence-corrected chi connectivity index (χ4v) is 2.02. The van der Waals surface area contributed by atoms with Crippen LogP contribution in [0.15, 0.2) is 12.3 Å². The van der Waals surface area contributed by atoms with Gasteiger partial charge in [-0.15, -0.1) is 0 Å². The third-order valence-electron chi connectivity index (χ3n) is 2.83. The van der Waals surface area contributed by atoms with Crippen LogP contribution >= 0.6 is 0 Å². The Kier molecular flexibility index (Phi) is 2.50. The Labute approximate surface area is 76.2 Å². The van der Waals surface area contributed by atoms with Crippen molar-refractivity contribution in [1.29, 1.82) is 0 Å². The van der Waals surface area contributed by atoms with E-state index in [1.54, 1.807) is 0 Å². The van der Waals surface area contributed by atoms with Gasteiger partial charge in [0.15, 0.2) is 0 Å². The van der Waals surface area contributed by atoms with Crippen LogP contribution in [-0.2, 0) is 0 Å². The summed E-state index contributed by atoms with van der Waals surface area (Å²) < 4.78 is 0. The summed E-state index contributed by atoms with van der Waals surface area (Å²) in [5.41, 5.74) is 1.50. The number of piperidine rings is 1. The topological polar surface area (TPSA) is 12.0 Å². The van der Waals surface area contributed by atoms with Crippen LogP contribution < -0.4 is 5.32 Å². The molecule has 0 aromatic carbocycles. The van der Waals surface area contributed by atoms with Crippen LogP contribution in [0.25, 0.3) is 0 Å². The Bertz CT molecular complexity index is 179. The second kappa shape index (κ2) is 3.12. The maximum absolute atomic E-state index is 4.10. The van der Waals surface area contributed by atoms with E-state index >= 15 is 0 Å². The molecule has 0 spiro atoms. The van der Waals surface area contributed by atoms with Crippen molar-refractivity contribution in [3.8, 4) is 0 Å². The molecule has 0 bridgehead atoms. The summed E-state index contributed by atoms with van der Waals surface area (Å²) in [4.78, 5) is 0. The molecule has 0 saturated carbocycles. The molecule has 1 aliphatic rings. The lowest BCUT2D eigenvalue weighted by Gasteiger charge is -2.40. The Morgan fingerprint density at radius 1 is 1.50 bits per heavy atom. The lowest BCUT2D eigenvalue weighted by atomic mass is 9.80. The van der Waals surface area contributed by atoms with Crippen molar-refractivity contribution in [1.82, 2.24) is 5.32 Å². The largest absolute Gasteiger partial charge is 0.384 e. The summed E-state index contributed by atoms with van der Waals surface area (Å²) in [6.45, 7) is 13.1. The zero-order chi connectivity index (χ0) is 9.35. The number of rotatable bonds is 1. The second-order valence-corrected chi connectivity index (χ2v) is 4.92. The summed E-state index contributed by atoms with van der Waals surface area (Å²) >= 11 is 0. The number of allylic oxidation sites excluding steroid dienone is 1. The molecule has 0 aliphatic carbocycles. The molecule has 0 aromatic rings. The lowest BCUT2D eigenvalue weighted by Crippen LogP contribution is -2.45. The molecule has 0 radical (unpaired) electrons. The Balaban J connectivity index is 2.60. The SMILES string of the molecule is C=C1NC(C)(C)CC[C@H]1C(C)C. The Morgan fingerprint density at radius 2 is 2.08 bits per heavy atom. The molecule has 1 nitrogen and oxygen atoms in total. The first-order chi connectivity index (χ1) is 5.42. The summed E-state index contributed by atoms with van der Waals surface area (Å²) in [6, 6.07) is 0. The summed E-state index contributed by atoms with van der Waals surface area (Å²) in [5, 5.41) is 3.49. The minimum Gasteiger partial charge on any atom is -0.384 e. The van der Waals surface area contributed by atoms with Crippen LogP contribution in [0.1, 0.15) is 40.5 Å². The number of hydrogen-bond donors (Lipinski definition) is 1. The van der Waals surface area contributed by atoms with E-state index < -0.39 is 0 Å². The highest BCUT2D eigenvalue weighted by atomic mass is 15.0. The van der Waals surface area contributed by atoms with Gasteiger partial charge in [-0.2, -0.15) is 0 Å². The minimum atomic E-state index is 0.266. The lowest BCUT2D eigenvalue weighted by molar-refractivity contribution is 0.251. The van der Waals surface area contributed by atoms with Gasteiger partial charge in [-0.05, 0) is 32.6 Å². The van der Waals surface area contributed by atoms with Crippen molar-refractivity contribution in [2.24, 2.45) is 11.8 Å². The van der Waals surface area contributed by atoms with Crippen molar-refractivity contribution in [2.45, 2.75) is 46.1 Å². The van der Waals surface area contributed by atoms with Crippen molar-refractivity contribution < 1.29 is 0 Å². The first-order valence-corrected chi connectivity index (χ1v) is 4.89. The molecule has 1 aliphatic heterocycles. The van der Waals surface area contributed by atoms with Gasteiger partial charge in [-0.1, -0.05) is 20.4 Å². The molecule has 0 unspecified atom stereocenters. The molecule has 1 rings (SSSR count). The summed E-state index contributed by atoms with van der Waals surface area (Å²) in [7, 11) is 0. The zero-order valence-corrected chi connectivity index (χ0v) is 8.78. The Morgan fingerprint density at radius 3 is 2.50 bits per heavy atom. The number of nitrogens with one attached hydrogen (secondary N) is 1. The fraction of sp³-hybridized carbons (Fsp3) is 0.818. The predicted octanol–water partition coefficient (Wildman–Crippen LogP) is 2.93. The van der Waals surface area contributed by atoms with Gasteiger partial charge >= 0.3 is 0 Å². The minimum absolute atomic E-state index is 0.266. The van der Waals surface area contributed by atoms with E-state index in [1.807, 2.05) is 0 Å². The van der Waals surface area contributed by atoms with Gasteiger partial charge in [0, 0.05) is 17.2 Å². The van der Waals surface area contributed by atoms with Crippen LogP contribution in [0, 0.1) is 11.8 Å². The standard InChI is InChI=1S/C11H21N/c1-8(2)10-6-7-11(4,5)12-9(10)3/h8,10,12H,3,6-7H2,1-2,4-5H3/t10-/m0/s1. The van der Waals surface area contributed by atoms with Crippen LogP contribution in [0.5, 0.6) is 0 Å². The molecule has 70 valence electrons. The van der Waals surface area contributed by atoms with E-state index in [1.165, 1.54) is 18.5 Å². The molecule has 1 N–H and O–H groups in total. The summed E-state index contributed by atoms with van der Waals surface area (Å²) in [5.74, 6) is 1.40.